The summed E-state index contributed by atoms with van der Waals surface area (Å²) in [7, 11) is 0. The van der Waals surface area contributed by atoms with Crippen LogP contribution >= 0.6 is 0 Å². The molecule has 0 fully saturated rings. The van der Waals surface area contributed by atoms with Crippen LogP contribution < -0.4 is 16.0 Å². The van der Waals surface area contributed by atoms with E-state index in [9.17, 15) is 27.2 Å². The summed E-state index contributed by atoms with van der Waals surface area (Å²) in [6.45, 7) is 0.584. The van der Waals surface area contributed by atoms with Gasteiger partial charge in [-0.15, -0.1) is 5.10 Å². The Kier molecular flexibility index (Phi) is 7.87. The molecule has 0 radical (unpaired) electrons. The van der Waals surface area contributed by atoms with Crippen LogP contribution in [0.1, 0.15) is 31.8 Å². The lowest BCUT2D eigenvalue weighted by Gasteiger charge is -2.10. The van der Waals surface area contributed by atoms with Crippen molar-refractivity contribution in [1.29, 1.82) is 0 Å². The maximum atomic E-state index is 13.1. The first-order valence-electron chi connectivity index (χ1n) is 12.8. The molecule has 2 amide bonds. The molecule has 0 unspecified atom stereocenters. The minimum absolute atomic E-state index is 0.103. The molecule has 0 spiro atoms. The Bertz CT molecular complexity index is 1750. The molecule has 2 aromatic heterocycles. The smallest absolute Gasteiger partial charge is 0.348 e. The van der Waals surface area contributed by atoms with Gasteiger partial charge in [0, 0.05) is 35.1 Å². The number of fused-ring (bicyclic) bond motifs is 1. The van der Waals surface area contributed by atoms with Gasteiger partial charge in [0.1, 0.15) is 12.4 Å². The van der Waals surface area contributed by atoms with Crippen LogP contribution in [0.2, 0.25) is 0 Å². The number of aromatic nitrogens is 3. The lowest BCUT2D eigenvalue weighted by molar-refractivity contribution is -0.123. The average molecular weight is 577 g/mol. The van der Waals surface area contributed by atoms with Crippen LogP contribution in [-0.2, 0) is 6.54 Å². The predicted octanol–water partition coefficient (Wildman–Crippen LogP) is 5.81. The molecule has 12 heteroatoms. The quantitative estimate of drug-likeness (QED) is 0.203. The number of alkyl halides is 3. The van der Waals surface area contributed by atoms with Gasteiger partial charge < -0.3 is 16.0 Å². The van der Waals surface area contributed by atoms with Gasteiger partial charge >= 0.3 is 6.18 Å². The van der Waals surface area contributed by atoms with Crippen LogP contribution in [0.5, 0.6) is 0 Å². The molecule has 3 N–H and O–H groups in total. The molecule has 0 saturated carbocycles. The monoisotopic (exact) mass is 576 g/mol. The molecule has 0 bridgehead atoms. The predicted molar refractivity (Wildman–Crippen MR) is 149 cm³/mol. The number of hydrogen-bond acceptors (Lipinski definition) is 5. The van der Waals surface area contributed by atoms with E-state index in [0.29, 0.717) is 22.5 Å². The standard InChI is InChI=1S/C30H24F4N6O2/c1-18-14-22(28(42)36-17-30(32,33)34)8-12-25(18)37-29-38-26-13-9-23(16-40(26)39-29)20-4-6-21(7-5-20)27(41)35-15-19-2-10-24(31)11-3-19/h2-14,16H,15,17H2,1H3,(H,35,41)(H,36,42)(H,37,39). The number of rotatable bonds is 8. The first-order valence-corrected chi connectivity index (χ1v) is 12.8. The number of hydrogen-bond donors (Lipinski definition) is 3. The molecule has 0 aliphatic heterocycles. The fraction of sp³-hybridized carbons (Fsp3) is 0.133. The summed E-state index contributed by atoms with van der Waals surface area (Å²) < 4.78 is 51.8. The van der Waals surface area contributed by atoms with E-state index < -0.39 is 18.6 Å². The molecule has 214 valence electrons. The molecular formula is C30H24F4N6O2. The third-order valence-corrected chi connectivity index (χ3v) is 6.36. The van der Waals surface area contributed by atoms with E-state index in [4.69, 9.17) is 0 Å². The van der Waals surface area contributed by atoms with Gasteiger partial charge in [-0.05, 0) is 78.2 Å². The second-order valence-corrected chi connectivity index (χ2v) is 9.50. The second-order valence-electron chi connectivity index (χ2n) is 9.50. The normalized spacial score (nSPS) is 11.4. The van der Waals surface area contributed by atoms with Crippen LogP contribution in [0.4, 0.5) is 29.2 Å². The first-order chi connectivity index (χ1) is 20.0. The number of carbonyl (C=O) groups excluding carboxylic acids is 2. The van der Waals surface area contributed by atoms with Crippen molar-refractivity contribution in [3.05, 3.63) is 113 Å². The minimum Gasteiger partial charge on any atom is -0.348 e. The number of halogens is 4. The number of nitrogens with one attached hydrogen (secondary N) is 3. The summed E-state index contributed by atoms with van der Waals surface area (Å²) in [5.74, 6) is -1.12. The molecule has 8 nitrogen and oxygen atoms in total. The topological polar surface area (TPSA) is 100 Å². The lowest BCUT2D eigenvalue weighted by Crippen LogP contribution is -2.33. The van der Waals surface area contributed by atoms with Crippen LogP contribution in [0, 0.1) is 12.7 Å². The lowest BCUT2D eigenvalue weighted by atomic mass is 10.1. The summed E-state index contributed by atoms with van der Waals surface area (Å²) in [6, 6.07) is 21.1. The van der Waals surface area contributed by atoms with Gasteiger partial charge in [0.25, 0.3) is 11.8 Å². The van der Waals surface area contributed by atoms with Gasteiger partial charge in [-0.25, -0.2) is 8.91 Å². The van der Waals surface area contributed by atoms with Crippen molar-refractivity contribution in [2.75, 3.05) is 11.9 Å². The summed E-state index contributed by atoms with van der Waals surface area (Å²) >= 11 is 0. The van der Waals surface area contributed by atoms with Crippen molar-refractivity contribution < 1.29 is 27.2 Å². The number of aryl methyl sites for hydroxylation is 1. The number of anilines is 2. The summed E-state index contributed by atoms with van der Waals surface area (Å²) in [6.07, 6.45) is -2.70. The summed E-state index contributed by atoms with van der Waals surface area (Å²) in [5.41, 5.74) is 4.84. The van der Waals surface area contributed by atoms with Crippen molar-refractivity contribution in [1.82, 2.24) is 25.2 Å². The van der Waals surface area contributed by atoms with E-state index in [1.165, 1.54) is 24.3 Å². The SMILES string of the molecule is Cc1cc(C(=O)NCC(F)(F)F)ccc1Nc1nc2ccc(-c3ccc(C(=O)NCc4ccc(F)cc4)cc3)cn2n1. The largest absolute Gasteiger partial charge is 0.405 e. The maximum Gasteiger partial charge on any atom is 0.405 e. The Balaban J connectivity index is 1.24. The van der Waals surface area contributed by atoms with Gasteiger partial charge in [-0.3, -0.25) is 9.59 Å². The van der Waals surface area contributed by atoms with E-state index in [1.54, 1.807) is 54.0 Å². The van der Waals surface area contributed by atoms with E-state index in [0.717, 1.165) is 16.7 Å². The first kappa shape index (κ1) is 28.3. The molecule has 0 atom stereocenters. The zero-order valence-corrected chi connectivity index (χ0v) is 22.2. The average Bonchev–Trinajstić information content (AvgIpc) is 3.38. The molecule has 5 aromatic rings. The second kappa shape index (κ2) is 11.7. The fourth-order valence-electron chi connectivity index (χ4n) is 4.16. The Hall–Kier alpha value is -5.26. The van der Waals surface area contributed by atoms with Crippen molar-refractivity contribution in [2.24, 2.45) is 0 Å². The fourth-order valence-corrected chi connectivity index (χ4v) is 4.16. The van der Waals surface area contributed by atoms with E-state index in [2.05, 4.69) is 20.7 Å². The highest BCUT2D eigenvalue weighted by Gasteiger charge is 2.28. The molecule has 0 aliphatic rings. The van der Waals surface area contributed by atoms with Gasteiger partial charge in [-0.2, -0.15) is 18.2 Å². The zero-order chi connectivity index (χ0) is 29.9. The van der Waals surface area contributed by atoms with Gasteiger partial charge in [0.2, 0.25) is 5.95 Å². The number of benzene rings is 3. The van der Waals surface area contributed by atoms with E-state index in [1.807, 2.05) is 23.5 Å². The Morgan fingerprint density at radius 3 is 2.19 bits per heavy atom. The number of nitrogens with zero attached hydrogens (tertiary/aromatic N) is 3. The van der Waals surface area contributed by atoms with Crippen LogP contribution in [0.15, 0.2) is 85.1 Å². The number of carbonyl (C=O) groups is 2. The highest BCUT2D eigenvalue weighted by atomic mass is 19.4. The third kappa shape index (κ3) is 6.89. The molecule has 0 aliphatic carbocycles. The molecule has 2 heterocycles. The molecular weight excluding hydrogens is 552 g/mol. The molecule has 3 aromatic carbocycles. The van der Waals surface area contributed by atoms with Crippen molar-refractivity contribution in [2.45, 2.75) is 19.6 Å². The zero-order valence-electron chi connectivity index (χ0n) is 22.2. The minimum atomic E-state index is -4.49. The van der Waals surface area contributed by atoms with Crippen LogP contribution in [0.3, 0.4) is 0 Å². The molecule has 5 rings (SSSR count). The maximum absolute atomic E-state index is 13.1. The summed E-state index contributed by atoms with van der Waals surface area (Å²) in [4.78, 5) is 29.0. The Morgan fingerprint density at radius 1 is 0.833 bits per heavy atom. The Labute approximate surface area is 237 Å². The molecule has 42 heavy (non-hydrogen) atoms. The van der Waals surface area contributed by atoms with E-state index >= 15 is 0 Å². The van der Waals surface area contributed by atoms with Gasteiger partial charge in [-0.1, -0.05) is 24.3 Å². The van der Waals surface area contributed by atoms with Crippen LogP contribution in [-0.4, -0.2) is 39.1 Å². The highest BCUT2D eigenvalue weighted by molar-refractivity contribution is 5.95. The third-order valence-electron chi connectivity index (χ3n) is 6.36. The number of pyridine rings is 1. The van der Waals surface area contributed by atoms with Gasteiger partial charge in [0.15, 0.2) is 5.65 Å². The van der Waals surface area contributed by atoms with Crippen molar-refractivity contribution in [3.8, 4) is 11.1 Å². The highest BCUT2D eigenvalue weighted by Crippen LogP contribution is 2.24. The van der Waals surface area contributed by atoms with Crippen LogP contribution in [0.25, 0.3) is 16.8 Å². The van der Waals surface area contributed by atoms with Crippen molar-refractivity contribution in [3.63, 3.8) is 0 Å². The van der Waals surface area contributed by atoms with Gasteiger partial charge in [0.05, 0.1) is 0 Å². The van der Waals surface area contributed by atoms with Crippen molar-refractivity contribution >= 4 is 29.1 Å². The Morgan fingerprint density at radius 2 is 1.50 bits per heavy atom. The number of amides is 2. The summed E-state index contributed by atoms with van der Waals surface area (Å²) in [5, 5.41) is 12.2. The molecule has 0 saturated heterocycles. The van der Waals surface area contributed by atoms with E-state index in [-0.39, 0.29) is 29.8 Å².